The third-order valence-electron chi connectivity index (χ3n) is 5.11. The molecule has 1 heterocycles. The summed E-state index contributed by atoms with van der Waals surface area (Å²) in [5.74, 6) is 3.79. The van der Waals surface area contributed by atoms with E-state index >= 15 is 0 Å². The quantitative estimate of drug-likeness (QED) is 0.622. The summed E-state index contributed by atoms with van der Waals surface area (Å²) in [6.45, 7) is 8.00. The van der Waals surface area contributed by atoms with E-state index in [0.717, 1.165) is 43.1 Å². The lowest BCUT2D eigenvalue weighted by Gasteiger charge is -2.26. The average Bonchev–Trinajstić information content (AvgIpc) is 3.22. The van der Waals surface area contributed by atoms with Gasteiger partial charge in [-0.15, -0.1) is 10.2 Å². The highest BCUT2D eigenvalue weighted by atomic mass is 15.3. The zero-order valence-electron chi connectivity index (χ0n) is 14.6. The van der Waals surface area contributed by atoms with Crippen LogP contribution in [0.4, 0.5) is 0 Å². The largest absolute Gasteiger partial charge is 0.354 e. The van der Waals surface area contributed by atoms with Crippen molar-refractivity contribution < 1.29 is 0 Å². The normalized spacial score (nSPS) is 27.0. The van der Waals surface area contributed by atoms with Gasteiger partial charge in [-0.1, -0.05) is 13.3 Å². The minimum atomic E-state index is 0.390. The van der Waals surface area contributed by atoms with E-state index in [1.807, 2.05) is 0 Å². The molecule has 3 rings (SSSR count). The van der Waals surface area contributed by atoms with Gasteiger partial charge in [0.2, 0.25) is 0 Å². The van der Waals surface area contributed by atoms with Gasteiger partial charge in [0.25, 0.3) is 0 Å². The molecule has 128 valence electrons. The number of rotatable bonds is 6. The van der Waals surface area contributed by atoms with Crippen molar-refractivity contribution in [3.63, 3.8) is 0 Å². The van der Waals surface area contributed by atoms with Crippen LogP contribution in [0.15, 0.2) is 11.3 Å². The molecule has 1 aromatic rings. The number of aryl methyl sites for hydroxylation is 1. The molecular weight excluding hydrogens is 288 g/mol. The highest BCUT2D eigenvalue weighted by Crippen LogP contribution is 2.44. The summed E-state index contributed by atoms with van der Waals surface area (Å²) in [4.78, 5) is 4.78. The van der Waals surface area contributed by atoms with Gasteiger partial charge in [-0.2, -0.15) is 0 Å². The van der Waals surface area contributed by atoms with Gasteiger partial charge in [0, 0.05) is 25.0 Å². The van der Waals surface area contributed by atoms with Crippen LogP contribution >= 0.6 is 0 Å². The fraction of sp³-hybridized carbons (Fsp3) is 0.824. The van der Waals surface area contributed by atoms with Crippen molar-refractivity contribution in [1.82, 2.24) is 25.4 Å². The van der Waals surface area contributed by atoms with Crippen molar-refractivity contribution in [2.24, 2.45) is 16.8 Å². The summed E-state index contributed by atoms with van der Waals surface area (Å²) in [6.07, 6.45) is 8.25. The van der Waals surface area contributed by atoms with Crippen molar-refractivity contribution in [1.29, 1.82) is 0 Å². The van der Waals surface area contributed by atoms with E-state index in [2.05, 4.69) is 46.2 Å². The van der Waals surface area contributed by atoms with Crippen LogP contribution in [0.3, 0.4) is 0 Å². The summed E-state index contributed by atoms with van der Waals surface area (Å²) in [6, 6.07) is 1.00. The Balaban J connectivity index is 1.57. The second-order valence-corrected chi connectivity index (χ2v) is 7.25. The van der Waals surface area contributed by atoms with E-state index in [9.17, 15) is 0 Å². The molecule has 3 atom stereocenters. The van der Waals surface area contributed by atoms with Crippen LogP contribution in [0, 0.1) is 11.8 Å². The molecule has 0 aromatic carbocycles. The molecule has 3 unspecified atom stereocenters. The first-order valence-corrected chi connectivity index (χ1v) is 9.10. The minimum absolute atomic E-state index is 0.390. The smallest absolute Gasteiger partial charge is 0.191 e. The predicted molar refractivity (Wildman–Crippen MR) is 92.3 cm³/mol. The highest BCUT2D eigenvalue weighted by molar-refractivity contribution is 5.80. The molecule has 2 aliphatic carbocycles. The molecule has 0 saturated heterocycles. The van der Waals surface area contributed by atoms with E-state index in [1.165, 1.54) is 25.7 Å². The number of hydrogen-bond donors (Lipinski definition) is 2. The summed E-state index contributed by atoms with van der Waals surface area (Å²) in [7, 11) is 0. The van der Waals surface area contributed by atoms with Crippen molar-refractivity contribution in [3.05, 3.63) is 12.2 Å². The molecule has 0 radical (unpaired) electrons. The van der Waals surface area contributed by atoms with Gasteiger partial charge in [0.15, 0.2) is 5.96 Å². The Morgan fingerprint density at radius 1 is 1.39 bits per heavy atom. The molecule has 1 aromatic heterocycles. The van der Waals surface area contributed by atoms with Crippen molar-refractivity contribution in [2.45, 2.75) is 71.5 Å². The fourth-order valence-corrected chi connectivity index (χ4v) is 4.01. The van der Waals surface area contributed by atoms with E-state index in [-0.39, 0.29) is 0 Å². The maximum Gasteiger partial charge on any atom is 0.191 e. The SMILES string of the molecule is CCc1nncn1CCN=C(NC(C)C)NC1CC2CCC1C2. The van der Waals surface area contributed by atoms with Gasteiger partial charge in [-0.25, -0.2) is 0 Å². The van der Waals surface area contributed by atoms with Crippen molar-refractivity contribution >= 4 is 5.96 Å². The highest BCUT2D eigenvalue weighted by Gasteiger charge is 2.39. The number of guanidine groups is 1. The second kappa shape index (κ2) is 7.32. The molecule has 2 bridgehead atoms. The Morgan fingerprint density at radius 2 is 2.26 bits per heavy atom. The van der Waals surface area contributed by atoms with Crippen LogP contribution in [-0.2, 0) is 13.0 Å². The summed E-state index contributed by atoms with van der Waals surface area (Å²) in [5, 5.41) is 15.3. The monoisotopic (exact) mass is 318 g/mol. The molecule has 0 aliphatic heterocycles. The van der Waals surface area contributed by atoms with Crippen LogP contribution in [-0.4, -0.2) is 39.4 Å². The summed E-state index contributed by atoms with van der Waals surface area (Å²) in [5.41, 5.74) is 0. The number of hydrogen-bond acceptors (Lipinski definition) is 3. The first kappa shape index (κ1) is 16.3. The lowest BCUT2D eigenvalue weighted by atomic mass is 9.95. The molecule has 2 aliphatic rings. The third kappa shape index (κ3) is 4.03. The lowest BCUT2D eigenvalue weighted by molar-refractivity contribution is 0.386. The summed E-state index contributed by atoms with van der Waals surface area (Å²) >= 11 is 0. The van der Waals surface area contributed by atoms with E-state index in [1.54, 1.807) is 6.33 Å². The molecule has 0 spiro atoms. The zero-order chi connectivity index (χ0) is 16.2. The fourth-order valence-electron chi connectivity index (χ4n) is 4.01. The molecule has 6 nitrogen and oxygen atoms in total. The number of aromatic nitrogens is 3. The van der Waals surface area contributed by atoms with Crippen LogP contribution in [0.25, 0.3) is 0 Å². The maximum atomic E-state index is 4.78. The molecule has 0 amide bonds. The standard InChI is InChI=1S/C17H30N6/c1-4-16-22-19-11-23(16)8-7-18-17(20-12(2)3)21-15-10-13-5-6-14(15)9-13/h11-15H,4-10H2,1-3H3,(H2,18,20,21). The van der Waals surface area contributed by atoms with Crippen molar-refractivity contribution in [3.8, 4) is 0 Å². The lowest BCUT2D eigenvalue weighted by Crippen LogP contribution is -2.47. The van der Waals surface area contributed by atoms with Gasteiger partial charge in [0.05, 0.1) is 6.54 Å². The predicted octanol–water partition coefficient (Wildman–Crippen LogP) is 1.97. The van der Waals surface area contributed by atoms with Crippen LogP contribution in [0.2, 0.25) is 0 Å². The first-order chi connectivity index (χ1) is 11.2. The Bertz CT molecular complexity index is 535. The number of fused-ring (bicyclic) bond motifs is 2. The van der Waals surface area contributed by atoms with Crippen LogP contribution < -0.4 is 10.6 Å². The van der Waals surface area contributed by atoms with Crippen molar-refractivity contribution in [2.75, 3.05) is 6.54 Å². The third-order valence-corrected chi connectivity index (χ3v) is 5.11. The van der Waals surface area contributed by atoms with Gasteiger partial charge in [-0.3, -0.25) is 4.99 Å². The molecule has 2 fully saturated rings. The molecule has 2 N–H and O–H groups in total. The molecular formula is C17H30N6. The summed E-state index contributed by atoms with van der Waals surface area (Å²) < 4.78 is 2.09. The minimum Gasteiger partial charge on any atom is -0.354 e. The van der Waals surface area contributed by atoms with Crippen LogP contribution in [0.5, 0.6) is 0 Å². The maximum absolute atomic E-state index is 4.78. The number of nitrogens with one attached hydrogen (secondary N) is 2. The van der Waals surface area contributed by atoms with Gasteiger partial charge >= 0.3 is 0 Å². The van der Waals surface area contributed by atoms with Crippen LogP contribution in [0.1, 0.15) is 52.3 Å². The second-order valence-electron chi connectivity index (χ2n) is 7.25. The van der Waals surface area contributed by atoms with Gasteiger partial charge in [0.1, 0.15) is 12.2 Å². The Morgan fingerprint density at radius 3 is 2.91 bits per heavy atom. The molecule has 23 heavy (non-hydrogen) atoms. The first-order valence-electron chi connectivity index (χ1n) is 9.10. The van der Waals surface area contributed by atoms with Gasteiger partial charge in [-0.05, 0) is 44.9 Å². The molecule has 6 heteroatoms. The Labute approximate surface area is 139 Å². The Kier molecular flexibility index (Phi) is 5.18. The Hall–Kier alpha value is -1.59. The molecule has 2 saturated carbocycles. The van der Waals surface area contributed by atoms with E-state index in [4.69, 9.17) is 4.99 Å². The topological polar surface area (TPSA) is 67.1 Å². The van der Waals surface area contributed by atoms with E-state index < -0.39 is 0 Å². The number of nitrogens with zero attached hydrogens (tertiary/aromatic N) is 4. The number of aliphatic imine (C=N–C) groups is 1. The zero-order valence-corrected chi connectivity index (χ0v) is 14.6. The van der Waals surface area contributed by atoms with E-state index in [0.29, 0.717) is 12.1 Å². The average molecular weight is 318 g/mol. The van der Waals surface area contributed by atoms with Gasteiger partial charge < -0.3 is 15.2 Å².